The zero-order valence-corrected chi connectivity index (χ0v) is 18.7. The van der Waals surface area contributed by atoms with Crippen molar-refractivity contribution in [3.63, 3.8) is 0 Å². The first-order chi connectivity index (χ1) is 13.2. The summed E-state index contributed by atoms with van der Waals surface area (Å²) >= 11 is 9.02. The predicted molar refractivity (Wildman–Crippen MR) is 118 cm³/mol. The Balaban J connectivity index is 1.61. The van der Waals surface area contributed by atoms with Gasteiger partial charge in [0.15, 0.2) is 0 Å². The number of hydrogen-bond acceptors (Lipinski definition) is 4. The predicted octanol–water partition coefficient (Wildman–Crippen LogP) is 5.61. The van der Waals surface area contributed by atoms with E-state index in [2.05, 4.69) is 26.1 Å². The average Bonchev–Trinajstić information content (AvgIpc) is 2.92. The van der Waals surface area contributed by atoms with Crippen LogP contribution in [0.4, 0.5) is 5.69 Å². The van der Waals surface area contributed by atoms with Crippen LogP contribution in [-0.4, -0.2) is 15.2 Å². The molecule has 0 spiro atoms. The summed E-state index contributed by atoms with van der Waals surface area (Å²) in [7, 11) is 0. The van der Waals surface area contributed by atoms with E-state index in [1.54, 1.807) is 40.6 Å². The maximum atomic E-state index is 12.8. The molecule has 28 heavy (non-hydrogen) atoms. The van der Waals surface area contributed by atoms with E-state index in [0.29, 0.717) is 28.5 Å². The largest absolute Gasteiger partial charge is 0.325 e. The van der Waals surface area contributed by atoms with Gasteiger partial charge in [0.05, 0.1) is 5.03 Å². The molecule has 1 N–H and O–H groups in total. The molecule has 1 aliphatic carbocycles. The number of amides is 1. The molecule has 7 heteroatoms. The van der Waals surface area contributed by atoms with Crippen LogP contribution in [0.15, 0.2) is 34.1 Å². The van der Waals surface area contributed by atoms with Crippen molar-refractivity contribution in [2.24, 2.45) is 11.8 Å². The molecule has 2 heterocycles. The van der Waals surface area contributed by atoms with Crippen LogP contribution in [0.5, 0.6) is 0 Å². The average molecular weight is 437 g/mol. The molecule has 1 aliphatic heterocycles. The third kappa shape index (κ3) is 3.79. The lowest BCUT2D eigenvalue weighted by Crippen LogP contribution is -2.39. The van der Waals surface area contributed by atoms with Crippen LogP contribution in [0.3, 0.4) is 0 Å². The van der Waals surface area contributed by atoms with Crippen LogP contribution in [-0.2, 0) is 11.3 Å². The fourth-order valence-corrected chi connectivity index (χ4v) is 7.53. The number of carbonyl (C=O) groups is 1. The maximum absolute atomic E-state index is 12.8. The van der Waals surface area contributed by atoms with E-state index in [1.165, 1.54) is 29.1 Å². The summed E-state index contributed by atoms with van der Waals surface area (Å²) < 4.78 is 1.74. The number of fused-ring (bicyclic) bond motifs is 3. The molecule has 4 nitrogen and oxygen atoms in total. The lowest BCUT2D eigenvalue weighted by Gasteiger charge is -2.47. The van der Waals surface area contributed by atoms with E-state index in [1.807, 2.05) is 0 Å². The summed E-state index contributed by atoms with van der Waals surface area (Å²) in [5.41, 5.74) is 0.681. The highest BCUT2D eigenvalue weighted by Gasteiger charge is 2.47. The topological polar surface area (TPSA) is 51.1 Å². The van der Waals surface area contributed by atoms with Crippen LogP contribution in [0, 0.1) is 11.8 Å². The Morgan fingerprint density at radius 1 is 1.29 bits per heavy atom. The van der Waals surface area contributed by atoms with E-state index in [4.69, 9.17) is 11.6 Å². The summed E-state index contributed by atoms with van der Waals surface area (Å²) in [5, 5.41) is 4.49. The van der Waals surface area contributed by atoms with Crippen LogP contribution < -0.4 is 10.2 Å². The molecule has 1 aromatic heterocycles. The van der Waals surface area contributed by atoms with Gasteiger partial charge in [-0.05, 0) is 48.9 Å². The Hall–Kier alpha value is -1.24. The Morgan fingerprint density at radius 3 is 2.71 bits per heavy atom. The van der Waals surface area contributed by atoms with E-state index < -0.39 is 0 Å². The van der Waals surface area contributed by atoms with Crippen LogP contribution in [0.2, 0.25) is 5.02 Å². The molecule has 1 amide bonds. The van der Waals surface area contributed by atoms with Crippen molar-refractivity contribution in [1.29, 1.82) is 0 Å². The van der Waals surface area contributed by atoms with E-state index in [9.17, 15) is 9.59 Å². The molecule has 2 aliphatic rings. The summed E-state index contributed by atoms with van der Waals surface area (Å²) in [6.45, 7) is 6.93. The standard InChI is InChI=1S/C21H25ClN2O2S2/c1-12-4-9-16-15(10-12)18-19(28-21(16,2)3)24(20(26)27-18)11-17(25)23-14-7-5-13(22)6-8-14/h5-8,12,15-16H,4,9-11H2,1-3H3,(H,23,25)/t12-,15-,16-/m1/s1. The molecule has 0 bridgehead atoms. The number of halogens is 1. The zero-order chi connectivity index (χ0) is 20.1. The summed E-state index contributed by atoms with van der Waals surface area (Å²) in [5.74, 6) is 1.53. The number of benzene rings is 1. The number of hydrogen-bond donors (Lipinski definition) is 1. The van der Waals surface area contributed by atoms with Crippen molar-refractivity contribution >= 4 is 46.3 Å². The van der Waals surface area contributed by atoms with Crippen molar-refractivity contribution in [3.05, 3.63) is 43.8 Å². The second-order valence-electron chi connectivity index (χ2n) is 8.52. The number of nitrogens with zero attached hydrogens (tertiary/aromatic N) is 1. The molecular weight excluding hydrogens is 412 g/mol. The van der Waals surface area contributed by atoms with Crippen molar-refractivity contribution in [2.75, 3.05) is 5.32 Å². The molecule has 0 unspecified atom stereocenters. The molecule has 3 atom stereocenters. The Morgan fingerprint density at radius 2 is 2.00 bits per heavy atom. The number of rotatable bonds is 3. The molecule has 0 saturated heterocycles. The minimum absolute atomic E-state index is 0.0292. The molecule has 4 rings (SSSR count). The summed E-state index contributed by atoms with van der Waals surface area (Å²) in [6, 6.07) is 6.99. The third-order valence-electron chi connectivity index (χ3n) is 6.01. The van der Waals surface area contributed by atoms with Gasteiger partial charge in [-0.25, -0.2) is 0 Å². The minimum Gasteiger partial charge on any atom is -0.325 e. The quantitative estimate of drug-likeness (QED) is 0.680. The summed E-state index contributed by atoms with van der Waals surface area (Å²) in [6.07, 6.45) is 3.62. The number of thioether (sulfide) groups is 1. The van der Waals surface area contributed by atoms with Gasteiger partial charge in [0.1, 0.15) is 6.54 Å². The first-order valence-electron chi connectivity index (χ1n) is 9.72. The number of anilines is 1. The molecule has 1 saturated carbocycles. The third-order valence-corrected chi connectivity index (χ3v) is 8.96. The fourth-order valence-electron chi connectivity index (χ4n) is 4.59. The van der Waals surface area contributed by atoms with Crippen molar-refractivity contribution in [2.45, 2.75) is 62.3 Å². The van der Waals surface area contributed by atoms with Crippen molar-refractivity contribution in [1.82, 2.24) is 4.57 Å². The van der Waals surface area contributed by atoms with Gasteiger partial charge in [0.25, 0.3) is 0 Å². The summed E-state index contributed by atoms with van der Waals surface area (Å²) in [4.78, 5) is 26.5. The van der Waals surface area contributed by atoms with Crippen molar-refractivity contribution in [3.8, 4) is 0 Å². The van der Waals surface area contributed by atoms with Gasteiger partial charge < -0.3 is 5.32 Å². The lowest BCUT2D eigenvalue weighted by molar-refractivity contribution is -0.116. The normalized spacial score (nSPS) is 25.6. The minimum atomic E-state index is -0.192. The lowest BCUT2D eigenvalue weighted by atomic mass is 9.69. The number of aromatic nitrogens is 1. The van der Waals surface area contributed by atoms with E-state index in [0.717, 1.165) is 11.4 Å². The smallest absolute Gasteiger partial charge is 0.308 e. The van der Waals surface area contributed by atoms with Gasteiger partial charge in [0, 0.05) is 26.3 Å². The maximum Gasteiger partial charge on any atom is 0.308 e. The second kappa shape index (κ2) is 7.54. The van der Waals surface area contributed by atoms with E-state index >= 15 is 0 Å². The van der Waals surface area contributed by atoms with Gasteiger partial charge in [0.2, 0.25) is 5.91 Å². The highest BCUT2D eigenvalue weighted by molar-refractivity contribution is 8.00. The van der Waals surface area contributed by atoms with Gasteiger partial charge in [-0.2, -0.15) is 0 Å². The van der Waals surface area contributed by atoms with Crippen LogP contribution in [0.25, 0.3) is 0 Å². The highest BCUT2D eigenvalue weighted by Crippen LogP contribution is 2.58. The molecule has 0 radical (unpaired) electrons. The molecule has 1 aromatic carbocycles. The SMILES string of the molecule is C[C@@H]1CC[C@@H]2[C@@H](C1)c1sc(=O)n(CC(=O)Nc3ccc(Cl)cc3)c1SC2(C)C. The monoisotopic (exact) mass is 436 g/mol. The Bertz CT molecular complexity index is 948. The van der Waals surface area contributed by atoms with Crippen molar-refractivity contribution < 1.29 is 4.79 Å². The number of carbonyl (C=O) groups excluding carboxylic acids is 1. The molecule has 1 fully saturated rings. The highest BCUT2D eigenvalue weighted by atomic mass is 35.5. The fraction of sp³-hybridized carbons (Fsp3) is 0.524. The van der Waals surface area contributed by atoms with Crippen LogP contribution >= 0.6 is 34.7 Å². The van der Waals surface area contributed by atoms with Gasteiger partial charge in [-0.1, -0.05) is 50.1 Å². The van der Waals surface area contributed by atoms with Gasteiger partial charge in [-0.15, -0.1) is 11.8 Å². The Kier molecular flexibility index (Phi) is 5.40. The zero-order valence-electron chi connectivity index (χ0n) is 16.3. The first-order valence-corrected chi connectivity index (χ1v) is 11.7. The molecular formula is C21H25ClN2O2S2. The molecule has 2 aromatic rings. The Labute approximate surface area is 178 Å². The first kappa shape index (κ1) is 20.0. The van der Waals surface area contributed by atoms with Crippen LogP contribution in [0.1, 0.15) is 50.8 Å². The second-order valence-corrected chi connectivity index (χ2v) is 11.6. The van der Waals surface area contributed by atoms with Gasteiger partial charge >= 0.3 is 4.87 Å². The van der Waals surface area contributed by atoms with Gasteiger partial charge in [-0.3, -0.25) is 14.2 Å². The number of nitrogens with one attached hydrogen (secondary N) is 1. The van der Waals surface area contributed by atoms with E-state index in [-0.39, 0.29) is 22.1 Å². The molecule has 150 valence electrons. The number of thiazole rings is 1.